The first kappa shape index (κ1) is 18.4. The predicted octanol–water partition coefficient (Wildman–Crippen LogP) is 4.12. The molecule has 1 saturated heterocycles. The van der Waals surface area contributed by atoms with Crippen molar-refractivity contribution < 1.29 is 14.3 Å². The van der Waals surface area contributed by atoms with Crippen molar-refractivity contribution in [2.24, 2.45) is 0 Å². The van der Waals surface area contributed by atoms with Gasteiger partial charge in [0.2, 0.25) is 0 Å². The van der Waals surface area contributed by atoms with Crippen LogP contribution in [0.25, 0.3) is 6.08 Å². The number of hydrogen-bond acceptors (Lipinski definition) is 4. The summed E-state index contributed by atoms with van der Waals surface area (Å²) in [6.07, 6.45) is 1.74. The second-order valence-corrected chi connectivity index (χ2v) is 6.74. The molecule has 0 radical (unpaired) electrons. The zero-order chi connectivity index (χ0) is 18.7. The fourth-order valence-corrected chi connectivity index (χ4v) is 3.25. The molecular formula is C19H17BrN2O3S. The van der Waals surface area contributed by atoms with Crippen molar-refractivity contribution in [2.45, 2.75) is 6.92 Å². The summed E-state index contributed by atoms with van der Waals surface area (Å²) in [6, 6.07) is 12.8. The van der Waals surface area contributed by atoms with Crippen molar-refractivity contribution in [2.75, 3.05) is 18.6 Å². The van der Waals surface area contributed by atoms with Gasteiger partial charge in [-0.05, 0) is 67.7 Å². The van der Waals surface area contributed by atoms with E-state index in [-0.39, 0.29) is 5.91 Å². The Morgan fingerprint density at radius 1 is 1.23 bits per heavy atom. The van der Waals surface area contributed by atoms with E-state index in [2.05, 4.69) is 21.2 Å². The molecule has 7 heteroatoms. The lowest BCUT2D eigenvalue weighted by Gasteiger charge is -2.14. The summed E-state index contributed by atoms with van der Waals surface area (Å²) in [4.78, 5) is 14.3. The number of halogens is 1. The Labute approximate surface area is 165 Å². The Morgan fingerprint density at radius 3 is 2.62 bits per heavy atom. The molecule has 2 aromatic rings. The first-order chi connectivity index (χ1) is 12.5. The lowest BCUT2D eigenvalue weighted by atomic mass is 10.1. The first-order valence-electron chi connectivity index (χ1n) is 7.97. The highest BCUT2D eigenvalue weighted by molar-refractivity contribution is 9.10. The second-order valence-electron chi connectivity index (χ2n) is 5.44. The molecule has 0 atom stereocenters. The minimum absolute atomic E-state index is 0.220. The molecule has 0 aliphatic carbocycles. The summed E-state index contributed by atoms with van der Waals surface area (Å²) >= 11 is 8.79. The molecular weight excluding hydrogens is 416 g/mol. The summed E-state index contributed by atoms with van der Waals surface area (Å²) in [6.45, 7) is 2.45. The topological polar surface area (TPSA) is 50.8 Å². The van der Waals surface area contributed by atoms with Crippen LogP contribution in [0.1, 0.15) is 12.5 Å². The smallest absolute Gasteiger partial charge is 0.281 e. The summed E-state index contributed by atoms with van der Waals surface area (Å²) in [5.41, 5.74) is 1.86. The van der Waals surface area contributed by atoms with Crippen LogP contribution in [0.4, 0.5) is 5.69 Å². The average molecular weight is 433 g/mol. The van der Waals surface area contributed by atoms with Gasteiger partial charge in [-0.2, -0.15) is 0 Å². The zero-order valence-corrected chi connectivity index (χ0v) is 16.7. The molecule has 1 aliphatic heterocycles. The number of carbonyl (C=O) groups is 1. The number of amides is 1. The number of nitrogens with one attached hydrogen (secondary N) is 1. The highest BCUT2D eigenvalue weighted by atomic mass is 79.9. The fraction of sp³-hybridized carbons (Fsp3) is 0.158. The van der Waals surface area contributed by atoms with Gasteiger partial charge in [-0.1, -0.05) is 15.9 Å². The molecule has 0 aromatic heterocycles. The minimum atomic E-state index is -0.220. The highest BCUT2D eigenvalue weighted by Gasteiger charge is 2.32. The molecule has 5 nitrogen and oxygen atoms in total. The van der Waals surface area contributed by atoms with Crippen molar-refractivity contribution >= 4 is 50.9 Å². The molecule has 2 aromatic carbocycles. The molecule has 1 heterocycles. The van der Waals surface area contributed by atoms with E-state index in [1.165, 1.54) is 4.90 Å². The third-order valence-corrected chi connectivity index (χ3v) is 4.56. The maximum Gasteiger partial charge on any atom is 0.281 e. The van der Waals surface area contributed by atoms with Gasteiger partial charge in [0.1, 0.15) is 17.2 Å². The van der Waals surface area contributed by atoms with Crippen molar-refractivity contribution in [3.8, 4) is 11.5 Å². The monoisotopic (exact) mass is 432 g/mol. The van der Waals surface area contributed by atoms with Gasteiger partial charge >= 0.3 is 0 Å². The first-order valence-corrected chi connectivity index (χ1v) is 9.17. The molecule has 0 bridgehead atoms. The third kappa shape index (κ3) is 3.73. The van der Waals surface area contributed by atoms with Crippen LogP contribution in [0.3, 0.4) is 0 Å². The molecule has 1 amide bonds. The number of benzene rings is 2. The molecule has 0 unspecified atom stereocenters. The zero-order valence-electron chi connectivity index (χ0n) is 14.3. The van der Waals surface area contributed by atoms with Crippen LogP contribution >= 0.6 is 28.1 Å². The standard InChI is InChI=1S/C19H17BrN2O3S/c1-3-25-17-9-4-13(20)10-12(17)11-16-18(23)22(19(26)21-16)14-5-7-15(24-2)8-6-14/h4-11H,3H2,1-2H3,(H,21,26)/b16-11-. The SMILES string of the molecule is CCOc1ccc(Br)cc1/C=C1\NC(=S)N(c2ccc(OC)cc2)C1=O. The summed E-state index contributed by atoms with van der Waals surface area (Å²) in [5, 5.41) is 3.32. The Kier molecular flexibility index (Phi) is 5.58. The Hall–Kier alpha value is -2.38. The molecule has 26 heavy (non-hydrogen) atoms. The molecule has 1 N–H and O–H groups in total. The summed E-state index contributed by atoms with van der Waals surface area (Å²) in [7, 11) is 1.59. The van der Waals surface area contributed by atoms with Crippen LogP contribution < -0.4 is 19.7 Å². The quantitative estimate of drug-likeness (QED) is 0.568. The van der Waals surface area contributed by atoms with E-state index in [9.17, 15) is 4.79 Å². The van der Waals surface area contributed by atoms with Crippen molar-refractivity contribution in [3.05, 3.63) is 58.2 Å². The van der Waals surface area contributed by atoms with Gasteiger partial charge in [0, 0.05) is 10.0 Å². The van der Waals surface area contributed by atoms with Gasteiger partial charge in [0.05, 0.1) is 19.4 Å². The van der Waals surface area contributed by atoms with Crippen LogP contribution in [-0.4, -0.2) is 24.7 Å². The molecule has 134 valence electrons. The van der Waals surface area contributed by atoms with Crippen molar-refractivity contribution in [1.82, 2.24) is 5.32 Å². The van der Waals surface area contributed by atoms with E-state index < -0.39 is 0 Å². The Morgan fingerprint density at radius 2 is 1.96 bits per heavy atom. The second kappa shape index (κ2) is 7.88. The summed E-state index contributed by atoms with van der Waals surface area (Å²) in [5.74, 6) is 1.19. The van der Waals surface area contributed by atoms with E-state index in [1.807, 2.05) is 25.1 Å². The van der Waals surface area contributed by atoms with Gasteiger partial charge in [0.25, 0.3) is 5.91 Å². The third-order valence-electron chi connectivity index (χ3n) is 3.78. The van der Waals surface area contributed by atoms with Crippen LogP contribution in [-0.2, 0) is 4.79 Å². The van der Waals surface area contributed by atoms with E-state index >= 15 is 0 Å². The summed E-state index contributed by atoms with van der Waals surface area (Å²) < 4.78 is 11.7. The number of rotatable bonds is 5. The van der Waals surface area contributed by atoms with E-state index in [0.29, 0.717) is 34.6 Å². The van der Waals surface area contributed by atoms with Crippen LogP contribution in [0.5, 0.6) is 11.5 Å². The molecule has 1 fully saturated rings. The van der Waals surface area contributed by atoms with Gasteiger partial charge in [0.15, 0.2) is 5.11 Å². The Balaban J connectivity index is 1.93. The van der Waals surface area contributed by atoms with E-state index in [4.69, 9.17) is 21.7 Å². The minimum Gasteiger partial charge on any atom is -0.497 e. The molecule has 0 spiro atoms. The van der Waals surface area contributed by atoms with Crippen LogP contribution in [0.15, 0.2) is 52.6 Å². The van der Waals surface area contributed by atoms with Crippen molar-refractivity contribution in [3.63, 3.8) is 0 Å². The number of carbonyl (C=O) groups excluding carboxylic acids is 1. The van der Waals surface area contributed by atoms with Crippen molar-refractivity contribution in [1.29, 1.82) is 0 Å². The number of anilines is 1. The van der Waals surface area contributed by atoms with Crippen LogP contribution in [0, 0.1) is 0 Å². The predicted molar refractivity (Wildman–Crippen MR) is 110 cm³/mol. The van der Waals surface area contributed by atoms with E-state index in [0.717, 1.165) is 10.0 Å². The number of hydrogen-bond donors (Lipinski definition) is 1. The average Bonchev–Trinajstić information content (AvgIpc) is 2.91. The van der Waals surface area contributed by atoms with E-state index in [1.54, 1.807) is 37.5 Å². The number of ether oxygens (including phenoxy) is 2. The van der Waals surface area contributed by atoms with Gasteiger partial charge in [-0.25, -0.2) is 0 Å². The molecule has 1 aliphatic rings. The maximum atomic E-state index is 12.9. The fourth-order valence-electron chi connectivity index (χ4n) is 2.58. The van der Waals surface area contributed by atoms with Gasteiger partial charge < -0.3 is 14.8 Å². The molecule has 3 rings (SSSR count). The number of thiocarbonyl (C=S) groups is 1. The normalized spacial score (nSPS) is 15.3. The van der Waals surface area contributed by atoms with Gasteiger partial charge in [-0.15, -0.1) is 0 Å². The number of methoxy groups -OCH3 is 1. The number of nitrogens with zero attached hydrogens (tertiary/aromatic N) is 1. The highest BCUT2D eigenvalue weighted by Crippen LogP contribution is 2.28. The molecule has 0 saturated carbocycles. The van der Waals surface area contributed by atoms with Crippen LogP contribution in [0.2, 0.25) is 0 Å². The maximum absolute atomic E-state index is 12.9. The largest absolute Gasteiger partial charge is 0.497 e. The Bertz CT molecular complexity index is 881. The lowest BCUT2D eigenvalue weighted by Crippen LogP contribution is -2.30. The lowest BCUT2D eigenvalue weighted by molar-refractivity contribution is -0.113. The van der Waals surface area contributed by atoms with Gasteiger partial charge in [-0.3, -0.25) is 9.69 Å².